The second-order valence-electron chi connectivity index (χ2n) is 8.38. The third-order valence-electron chi connectivity index (χ3n) is 6.34. The number of nitrogens with zero attached hydrogens (tertiary/aromatic N) is 1. The highest BCUT2D eigenvalue weighted by Gasteiger charge is 2.30. The molecule has 1 heterocycles. The Morgan fingerprint density at radius 2 is 1.93 bits per heavy atom. The standard InChI is InChI=1S/C24H29FN2O/c1-17-13-21(25)9-10-23(17)26-24(28)11-8-18-5-4-12-27(16-18)22-14-19-6-2-3-7-20(19)15-22/h2-3,6-7,9-10,13,18,22H,4-5,8,11-12,14-16H2,1H3,(H,26,28)/t18-/m0/s1. The Morgan fingerprint density at radius 3 is 2.64 bits per heavy atom. The SMILES string of the molecule is Cc1cc(F)ccc1NC(=O)CC[C@@H]1CCCN(C2Cc3ccccc3C2)C1. The molecule has 4 heteroatoms. The predicted octanol–water partition coefficient (Wildman–Crippen LogP) is 4.73. The average molecular weight is 381 g/mol. The number of halogens is 1. The van der Waals surface area contributed by atoms with Gasteiger partial charge in [-0.15, -0.1) is 0 Å². The Morgan fingerprint density at radius 1 is 1.18 bits per heavy atom. The zero-order valence-corrected chi connectivity index (χ0v) is 16.6. The van der Waals surface area contributed by atoms with Gasteiger partial charge in [-0.1, -0.05) is 24.3 Å². The summed E-state index contributed by atoms with van der Waals surface area (Å²) in [5, 5.41) is 2.94. The van der Waals surface area contributed by atoms with Crippen molar-refractivity contribution in [1.82, 2.24) is 4.90 Å². The van der Waals surface area contributed by atoms with E-state index in [0.29, 0.717) is 24.1 Å². The van der Waals surface area contributed by atoms with Crippen LogP contribution in [0.15, 0.2) is 42.5 Å². The number of amides is 1. The molecule has 1 N–H and O–H groups in total. The van der Waals surface area contributed by atoms with E-state index in [0.717, 1.165) is 31.4 Å². The number of rotatable bonds is 5. The van der Waals surface area contributed by atoms with Crippen LogP contribution in [-0.4, -0.2) is 29.9 Å². The minimum Gasteiger partial charge on any atom is -0.326 e. The number of aryl methyl sites for hydroxylation is 1. The van der Waals surface area contributed by atoms with Gasteiger partial charge < -0.3 is 5.32 Å². The van der Waals surface area contributed by atoms with Crippen molar-refractivity contribution >= 4 is 11.6 Å². The van der Waals surface area contributed by atoms with Gasteiger partial charge in [-0.3, -0.25) is 9.69 Å². The summed E-state index contributed by atoms with van der Waals surface area (Å²) in [5.74, 6) is 0.337. The fraction of sp³-hybridized carbons (Fsp3) is 0.458. The first-order valence-electron chi connectivity index (χ1n) is 10.5. The van der Waals surface area contributed by atoms with E-state index in [4.69, 9.17) is 0 Å². The first-order valence-corrected chi connectivity index (χ1v) is 10.5. The summed E-state index contributed by atoms with van der Waals surface area (Å²) in [6.45, 7) is 4.09. The minimum absolute atomic E-state index is 0.0279. The van der Waals surface area contributed by atoms with E-state index < -0.39 is 0 Å². The van der Waals surface area contributed by atoms with Gasteiger partial charge in [0.15, 0.2) is 0 Å². The molecule has 1 atom stereocenters. The molecule has 0 saturated carbocycles. The van der Waals surface area contributed by atoms with Crippen molar-refractivity contribution in [2.24, 2.45) is 5.92 Å². The van der Waals surface area contributed by atoms with Crippen LogP contribution >= 0.6 is 0 Å². The van der Waals surface area contributed by atoms with Gasteiger partial charge in [0.05, 0.1) is 0 Å². The van der Waals surface area contributed by atoms with Crippen molar-refractivity contribution < 1.29 is 9.18 Å². The topological polar surface area (TPSA) is 32.3 Å². The van der Waals surface area contributed by atoms with Crippen LogP contribution in [0.2, 0.25) is 0 Å². The van der Waals surface area contributed by atoms with Crippen molar-refractivity contribution in [2.75, 3.05) is 18.4 Å². The molecule has 0 bridgehead atoms. The maximum atomic E-state index is 13.2. The molecule has 0 aromatic heterocycles. The summed E-state index contributed by atoms with van der Waals surface area (Å²) >= 11 is 0. The van der Waals surface area contributed by atoms with Gasteiger partial charge in [-0.25, -0.2) is 4.39 Å². The maximum Gasteiger partial charge on any atom is 0.224 e. The van der Waals surface area contributed by atoms with Crippen molar-refractivity contribution in [3.05, 3.63) is 65.0 Å². The van der Waals surface area contributed by atoms with Gasteiger partial charge in [-0.05, 0) is 86.4 Å². The number of hydrogen-bond acceptors (Lipinski definition) is 2. The number of piperidine rings is 1. The van der Waals surface area contributed by atoms with Crippen LogP contribution in [0.5, 0.6) is 0 Å². The summed E-state index contributed by atoms with van der Waals surface area (Å²) in [5.41, 5.74) is 4.48. The van der Waals surface area contributed by atoms with Gasteiger partial charge in [0.1, 0.15) is 5.82 Å². The summed E-state index contributed by atoms with van der Waals surface area (Å²) in [6.07, 6.45) is 6.19. The molecule has 0 radical (unpaired) electrons. The molecule has 1 fully saturated rings. The lowest BCUT2D eigenvalue weighted by molar-refractivity contribution is -0.116. The Kier molecular flexibility index (Phi) is 5.77. The lowest BCUT2D eigenvalue weighted by Gasteiger charge is -2.36. The number of anilines is 1. The molecule has 4 rings (SSSR count). The molecule has 1 aliphatic heterocycles. The highest BCUT2D eigenvalue weighted by Crippen LogP contribution is 2.30. The minimum atomic E-state index is -0.271. The highest BCUT2D eigenvalue weighted by atomic mass is 19.1. The summed E-state index contributed by atoms with van der Waals surface area (Å²) < 4.78 is 13.2. The van der Waals surface area contributed by atoms with Crippen LogP contribution in [0.1, 0.15) is 42.4 Å². The van der Waals surface area contributed by atoms with Crippen LogP contribution in [0.4, 0.5) is 10.1 Å². The van der Waals surface area contributed by atoms with E-state index in [1.165, 1.54) is 42.6 Å². The van der Waals surface area contributed by atoms with Crippen LogP contribution in [0.3, 0.4) is 0 Å². The van der Waals surface area contributed by atoms with E-state index in [9.17, 15) is 9.18 Å². The third kappa shape index (κ3) is 4.44. The lowest BCUT2D eigenvalue weighted by atomic mass is 9.92. The number of hydrogen-bond donors (Lipinski definition) is 1. The predicted molar refractivity (Wildman–Crippen MR) is 111 cm³/mol. The van der Waals surface area contributed by atoms with Crippen LogP contribution in [0.25, 0.3) is 0 Å². The first kappa shape index (κ1) is 19.1. The highest BCUT2D eigenvalue weighted by molar-refractivity contribution is 5.91. The fourth-order valence-corrected chi connectivity index (χ4v) is 4.77. The van der Waals surface area contributed by atoms with Crippen molar-refractivity contribution in [1.29, 1.82) is 0 Å². The Balaban J connectivity index is 1.27. The van der Waals surface area contributed by atoms with E-state index in [-0.39, 0.29) is 11.7 Å². The van der Waals surface area contributed by atoms with Gasteiger partial charge in [-0.2, -0.15) is 0 Å². The number of benzene rings is 2. The largest absolute Gasteiger partial charge is 0.326 e. The third-order valence-corrected chi connectivity index (χ3v) is 6.34. The smallest absolute Gasteiger partial charge is 0.224 e. The van der Waals surface area contributed by atoms with Crippen molar-refractivity contribution in [2.45, 2.75) is 51.5 Å². The molecule has 2 aromatic carbocycles. The van der Waals surface area contributed by atoms with E-state index in [1.54, 1.807) is 6.07 Å². The molecule has 28 heavy (non-hydrogen) atoms. The van der Waals surface area contributed by atoms with Gasteiger partial charge in [0.25, 0.3) is 0 Å². The lowest BCUT2D eigenvalue weighted by Crippen LogP contribution is -2.43. The van der Waals surface area contributed by atoms with E-state index in [2.05, 4.69) is 34.5 Å². The molecule has 1 aliphatic carbocycles. The van der Waals surface area contributed by atoms with Crippen LogP contribution in [-0.2, 0) is 17.6 Å². The molecule has 3 nitrogen and oxygen atoms in total. The fourth-order valence-electron chi connectivity index (χ4n) is 4.77. The second-order valence-corrected chi connectivity index (χ2v) is 8.38. The maximum absolute atomic E-state index is 13.2. The average Bonchev–Trinajstić information content (AvgIpc) is 3.13. The second kappa shape index (κ2) is 8.44. The molecule has 2 aromatic rings. The molecule has 2 aliphatic rings. The number of nitrogens with one attached hydrogen (secondary N) is 1. The van der Waals surface area contributed by atoms with Gasteiger partial charge >= 0.3 is 0 Å². The van der Waals surface area contributed by atoms with Crippen molar-refractivity contribution in [3.63, 3.8) is 0 Å². The molecule has 0 spiro atoms. The number of carbonyl (C=O) groups excluding carboxylic acids is 1. The summed E-state index contributed by atoms with van der Waals surface area (Å²) in [7, 11) is 0. The first-order chi connectivity index (χ1) is 13.6. The number of fused-ring (bicyclic) bond motifs is 1. The molecule has 1 saturated heterocycles. The molecular formula is C24H29FN2O. The Hall–Kier alpha value is -2.20. The van der Waals surface area contributed by atoms with E-state index >= 15 is 0 Å². The van der Waals surface area contributed by atoms with Crippen LogP contribution < -0.4 is 5.32 Å². The van der Waals surface area contributed by atoms with E-state index in [1.807, 2.05) is 6.92 Å². The summed E-state index contributed by atoms with van der Waals surface area (Å²) in [6, 6.07) is 13.9. The number of carbonyl (C=O) groups is 1. The van der Waals surface area contributed by atoms with Gasteiger partial charge in [0.2, 0.25) is 5.91 Å². The number of likely N-dealkylation sites (tertiary alicyclic amines) is 1. The molecular weight excluding hydrogens is 351 g/mol. The van der Waals surface area contributed by atoms with Crippen LogP contribution in [0, 0.1) is 18.7 Å². The molecule has 0 unspecified atom stereocenters. The zero-order chi connectivity index (χ0) is 19.5. The molecule has 148 valence electrons. The Labute approximate surface area is 166 Å². The Bertz CT molecular complexity index is 825. The normalized spacial score (nSPS) is 20.1. The summed E-state index contributed by atoms with van der Waals surface area (Å²) in [4.78, 5) is 15.0. The van der Waals surface area contributed by atoms with Gasteiger partial charge in [0, 0.05) is 24.7 Å². The molecule has 1 amide bonds. The van der Waals surface area contributed by atoms with Crippen molar-refractivity contribution in [3.8, 4) is 0 Å². The zero-order valence-electron chi connectivity index (χ0n) is 16.6. The monoisotopic (exact) mass is 380 g/mol. The quantitative estimate of drug-likeness (QED) is 0.813.